The van der Waals surface area contributed by atoms with Gasteiger partial charge in [0.15, 0.2) is 10.4 Å². The van der Waals surface area contributed by atoms with Crippen LogP contribution < -0.4 is 4.74 Å². The molecule has 18 heavy (non-hydrogen) atoms. The minimum atomic E-state index is 0.437. The van der Waals surface area contributed by atoms with E-state index in [1.54, 1.807) is 7.11 Å². The van der Waals surface area contributed by atoms with E-state index in [2.05, 4.69) is 19.5 Å². The number of methoxy groups -OCH3 is 1. The highest BCUT2D eigenvalue weighted by Gasteiger charge is 2.20. The maximum Gasteiger partial charge on any atom is 0.242 e. The summed E-state index contributed by atoms with van der Waals surface area (Å²) in [5.41, 5.74) is 1.65. The van der Waals surface area contributed by atoms with Gasteiger partial charge in [0.25, 0.3) is 0 Å². The van der Waals surface area contributed by atoms with E-state index in [9.17, 15) is 0 Å². The standard InChI is InChI=1S/C11H14N4OS2/c1-16-10-8-9(12-6-13-10)15(11(17)14-8)7-2-4-18-5-3-7/h6-7H,2-5H2,1H3,(H,14,17). The lowest BCUT2D eigenvalue weighted by Crippen LogP contribution is -2.15. The Morgan fingerprint density at radius 2 is 2.22 bits per heavy atom. The molecule has 2 aromatic heterocycles. The Kier molecular flexibility index (Phi) is 3.25. The number of nitrogens with one attached hydrogen (secondary N) is 1. The predicted octanol–water partition coefficient (Wildman–Crippen LogP) is 2.57. The number of H-pyrrole nitrogens is 1. The molecule has 0 atom stereocenters. The van der Waals surface area contributed by atoms with Crippen LogP contribution in [0.2, 0.25) is 0 Å². The Labute approximate surface area is 114 Å². The number of ether oxygens (including phenoxy) is 1. The normalized spacial score (nSPS) is 17.2. The maximum absolute atomic E-state index is 5.42. The summed E-state index contributed by atoms with van der Waals surface area (Å²) in [4.78, 5) is 11.6. The molecule has 1 fully saturated rings. The van der Waals surface area contributed by atoms with Crippen molar-refractivity contribution in [1.29, 1.82) is 0 Å². The highest BCUT2D eigenvalue weighted by molar-refractivity contribution is 7.99. The molecule has 3 heterocycles. The van der Waals surface area contributed by atoms with Gasteiger partial charge in [0.05, 0.1) is 7.11 Å². The molecule has 96 valence electrons. The van der Waals surface area contributed by atoms with Crippen molar-refractivity contribution in [2.24, 2.45) is 0 Å². The molecular weight excluding hydrogens is 268 g/mol. The number of thioether (sulfide) groups is 1. The summed E-state index contributed by atoms with van der Waals surface area (Å²) in [6.45, 7) is 0. The fourth-order valence-electron chi connectivity index (χ4n) is 2.35. The Morgan fingerprint density at radius 1 is 1.44 bits per heavy atom. The van der Waals surface area contributed by atoms with E-state index in [0.717, 1.165) is 24.0 Å². The Hall–Kier alpha value is -1.08. The fourth-order valence-corrected chi connectivity index (χ4v) is 3.77. The first-order valence-corrected chi connectivity index (χ1v) is 7.44. The maximum atomic E-state index is 5.42. The van der Waals surface area contributed by atoms with Crippen molar-refractivity contribution in [1.82, 2.24) is 19.5 Å². The van der Waals surface area contributed by atoms with Gasteiger partial charge in [-0.2, -0.15) is 16.7 Å². The zero-order chi connectivity index (χ0) is 12.5. The number of fused-ring (bicyclic) bond motifs is 1. The molecule has 0 bridgehead atoms. The van der Waals surface area contributed by atoms with Crippen LogP contribution in [0.4, 0.5) is 0 Å². The summed E-state index contributed by atoms with van der Waals surface area (Å²) in [7, 11) is 1.60. The first kappa shape index (κ1) is 12.0. The number of hydrogen-bond donors (Lipinski definition) is 1. The quantitative estimate of drug-likeness (QED) is 0.858. The number of rotatable bonds is 2. The van der Waals surface area contributed by atoms with Crippen LogP contribution in [0.15, 0.2) is 6.33 Å². The van der Waals surface area contributed by atoms with Crippen molar-refractivity contribution in [3.63, 3.8) is 0 Å². The average molecular weight is 282 g/mol. The van der Waals surface area contributed by atoms with E-state index in [4.69, 9.17) is 17.0 Å². The topological polar surface area (TPSA) is 55.7 Å². The molecule has 7 heteroatoms. The summed E-state index contributed by atoms with van der Waals surface area (Å²) in [6, 6.07) is 0.437. The number of aromatic nitrogens is 4. The summed E-state index contributed by atoms with van der Waals surface area (Å²) < 4.78 is 8.07. The lowest BCUT2D eigenvalue weighted by atomic mass is 10.1. The second-order valence-electron chi connectivity index (χ2n) is 4.23. The molecule has 5 nitrogen and oxygen atoms in total. The van der Waals surface area contributed by atoms with Gasteiger partial charge in [-0.3, -0.25) is 4.57 Å². The van der Waals surface area contributed by atoms with Crippen molar-refractivity contribution >= 4 is 35.1 Å². The third-order valence-corrected chi connectivity index (χ3v) is 4.57. The van der Waals surface area contributed by atoms with Gasteiger partial charge >= 0.3 is 0 Å². The van der Waals surface area contributed by atoms with Gasteiger partial charge in [-0.15, -0.1) is 0 Å². The fraction of sp³-hybridized carbons (Fsp3) is 0.545. The van der Waals surface area contributed by atoms with Gasteiger partial charge in [-0.25, -0.2) is 4.98 Å². The highest BCUT2D eigenvalue weighted by atomic mass is 32.2. The Morgan fingerprint density at radius 3 is 2.94 bits per heavy atom. The minimum absolute atomic E-state index is 0.437. The van der Waals surface area contributed by atoms with Crippen molar-refractivity contribution in [2.45, 2.75) is 18.9 Å². The smallest absolute Gasteiger partial charge is 0.242 e. The van der Waals surface area contributed by atoms with Crippen LogP contribution in [0.5, 0.6) is 5.88 Å². The zero-order valence-electron chi connectivity index (χ0n) is 10.0. The van der Waals surface area contributed by atoms with Crippen LogP contribution in [0.3, 0.4) is 0 Å². The number of nitrogens with zero attached hydrogens (tertiary/aromatic N) is 3. The van der Waals surface area contributed by atoms with Crippen LogP contribution >= 0.6 is 24.0 Å². The summed E-state index contributed by atoms with van der Waals surface area (Å²) in [5.74, 6) is 2.91. The van der Waals surface area contributed by atoms with Crippen LogP contribution in [-0.4, -0.2) is 38.1 Å². The number of aromatic amines is 1. The predicted molar refractivity (Wildman–Crippen MR) is 74.9 cm³/mol. The number of hydrogen-bond acceptors (Lipinski definition) is 5. The van der Waals surface area contributed by atoms with E-state index in [-0.39, 0.29) is 0 Å². The molecule has 0 aliphatic carbocycles. The molecular formula is C11H14N4OS2. The molecule has 3 rings (SSSR count). The molecule has 0 unspecified atom stereocenters. The van der Waals surface area contributed by atoms with Gasteiger partial charge in [0, 0.05) is 6.04 Å². The molecule has 1 aliphatic heterocycles. The van der Waals surface area contributed by atoms with Crippen molar-refractivity contribution in [2.75, 3.05) is 18.6 Å². The van der Waals surface area contributed by atoms with Crippen LogP contribution in [0, 0.1) is 4.77 Å². The lowest BCUT2D eigenvalue weighted by molar-refractivity contribution is 0.401. The van der Waals surface area contributed by atoms with Gasteiger partial charge in [0.1, 0.15) is 11.8 Å². The summed E-state index contributed by atoms with van der Waals surface area (Å²) in [5, 5.41) is 0. The lowest BCUT2D eigenvalue weighted by Gasteiger charge is -2.22. The monoisotopic (exact) mass is 282 g/mol. The summed E-state index contributed by atoms with van der Waals surface area (Å²) >= 11 is 7.42. The number of imidazole rings is 1. The summed E-state index contributed by atoms with van der Waals surface area (Å²) in [6.07, 6.45) is 3.80. The van der Waals surface area contributed by atoms with Gasteiger partial charge < -0.3 is 9.72 Å². The average Bonchev–Trinajstić information content (AvgIpc) is 2.75. The van der Waals surface area contributed by atoms with E-state index in [1.165, 1.54) is 17.8 Å². The van der Waals surface area contributed by atoms with Crippen molar-refractivity contribution in [3.05, 3.63) is 11.1 Å². The van der Waals surface area contributed by atoms with E-state index < -0.39 is 0 Å². The molecule has 0 spiro atoms. The van der Waals surface area contributed by atoms with E-state index in [1.807, 2.05) is 11.8 Å². The van der Waals surface area contributed by atoms with Crippen molar-refractivity contribution < 1.29 is 4.74 Å². The van der Waals surface area contributed by atoms with E-state index >= 15 is 0 Å². The van der Waals surface area contributed by atoms with Crippen LogP contribution in [0.1, 0.15) is 18.9 Å². The van der Waals surface area contributed by atoms with Gasteiger partial charge in [-0.1, -0.05) is 0 Å². The first-order chi connectivity index (χ1) is 8.81. The SMILES string of the molecule is COc1ncnc2c1[nH]c(=S)n2C1CCSCC1. The van der Waals surface area contributed by atoms with Gasteiger partial charge in [0.2, 0.25) is 5.88 Å². The van der Waals surface area contributed by atoms with Crippen molar-refractivity contribution in [3.8, 4) is 5.88 Å². The molecule has 0 saturated carbocycles. The first-order valence-electron chi connectivity index (χ1n) is 5.88. The Bertz CT molecular complexity index is 615. The van der Waals surface area contributed by atoms with Crippen LogP contribution in [-0.2, 0) is 0 Å². The van der Waals surface area contributed by atoms with Gasteiger partial charge in [-0.05, 0) is 36.6 Å². The molecule has 1 saturated heterocycles. The third-order valence-electron chi connectivity index (χ3n) is 3.22. The van der Waals surface area contributed by atoms with Crippen LogP contribution in [0.25, 0.3) is 11.2 Å². The molecule has 1 aliphatic rings. The molecule has 0 radical (unpaired) electrons. The Balaban J connectivity index is 2.16. The van der Waals surface area contributed by atoms with E-state index in [0.29, 0.717) is 16.7 Å². The molecule has 0 aromatic carbocycles. The third kappa shape index (κ3) is 1.91. The second kappa shape index (κ2) is 4.89. The molecule has 0 amide bonds. The minimum Gasteiger partial charge on any atom is -0.479 e. The second-order valence-corrected chi connectivity index (χ2v) is 5.84. The molecule has 2 aromatic rings. The zero-order valence-corrected chi connectivity index (χ0v) is 11.7. The largest absolute Gasteiger partial charge is 0.479 e. The highest BCUT2D eigenvalue weighted by Crippen LogP contribution is 2.31. The molecule has 1 N–H and O–H groups in total.